The van der Waals surface area contributed by atoms with Gasteiger partial charge < -0.3 is 4.74 Å². The molecule has 0 atom stereocenters. The molecule has 0 N–H and O–H groups in total. The molecule has 0 aliphatic heterocycles. The Balaban J connectivity index is 2.33. The van der Waals surface area contributed by atoms with E-state index >= 15 is 0 Å². The van der Waals surface area contributed by atoms with E-state index in [9.17, 15) is 0 Å². The van der Waals surface area contributed by atoms with Crippen molar-refractivity contribution >= 4 is 15.9 Å². The Kier molecular flexibility index (Phi) is 4.52. The molecule has 0 spiro atoms. The van der Waals surface area contributed by atoms with Crippen LogP contribution in [0.2, 0.25) is 0 Å². The van der Waals surface area contributed by atoms with E-state index in [2.05, 4.69) is 15.9 Å². The molecule has 0 radical (unpaired) electrons. The van der Waals surface area contributed by atoms with Crippen molar-refractivity contribution < 1.29 is 4.74 Å². The van der Waals surface area contributed by atoms with Gasteiger partial charge in [0.1, 0.15) is 0 Å². The fourth-order valence-corrected chi connectivity index (χ4v) is 1.38. The Bertz CT molecular complexity index is 306. The summed E-state index contributed by atoms with van der Waals surface area (Å²) in [4.78, 5) is 0. The zero-order valence-corrected chi connectivity index (χ0v) is 8.75. The topological polar surface area (TPSA) is 33.0 Å². The standard InChI is InChI=1S/C10H10BrNO/c11-10-4-1-3-9(7-10)8-13-6-2-5-12/h1,3-4,7H,2,6,8H2. The molecule has 0 amide bonds. The van der Waals surface area contributed by atoms with Crippen LogP contribution >= 0.6 is 15.9 Å². The Labute approximate surface area is 86.3 Å². The molecule has 0 bridgehead atoms. The molecule has 0 saturated carbocycles. The molecule has 0 aliphatic rings. The van der Waals surface area contributed by atoms with Crippen molar-refractivity contribution in [1.82, 2.24) is 0 Å². The minimum atomic E-state index is 0.452. The molecular weight excluding hydrogens is 230 g/mol. The summed E-state index contributed by atoms with van der Waals surface area (Å²) in [6.07, 6.45) is 0.452. The van der Waals surface area contributed by atoms with E-state index in [0.717, 1.165) is 10.0 Å². The number of rotatable bonds is 4. The van der Waals surface area contributed by atoms with Gasteiger partial charge in [0.15, 0.2) is 0 Å². The van der Waals surface area contributed by atoms with Gasteiger partial charge in [0.25, 0.3) is 0 Å². The summed E-state index contributed by atoms with van der Waals surface area (Å²) in [7, 11) is 0. The number of benzene rings is 1. The van der Waals surface area contributed by atoms with Crippen LogP contribution in [0.15, 0.2) is 28.7 Å². The van der Waals surface area contributed by atoms with Gasteiger partial charge in [-0.15, -0.1) is 0 Å². The van der Waals surface area contributed by atoms with Gasteiger partial charge in [-0.25, -0.2) is 0 Å². The lowest BCUT2D eigenvalue weighted by atomic mass is 10.2. The van der Waals surface area contributed by atoms with Crippen molar-refractivity contribution in [2.75, 3.05) is 6.61 Å². The van der Waals surface area contributed by atoms with Crippen LogP contribution in [0, 0.1) is 11.3 Å². The smallest absolute Gasteiger partial charge is 0.0717 e. The summed E-state index contributed by atoms with van der Waals surface area (Å²) in [5.41, 5.74) is 1.12. The van der Waals surface area contributed by atoms with Gasteiger partial charge in [0.2, 0.25) is 0 Å². The highest BCUT2D eigenvalue weighted by molar-refractivity contribution is 9.10. The third kappa shape index (κ3) is 4.07. The van der Waals surface area contributed by atoms with Gasteiger partial charge in [-0.05, 0) is 17.7 Å². The molecule has 1 rings (SSSR count). The molecule has 68 valence electrons. The van der Waals surface area contributed by atoms with Crippen molar-refractivity contribution in [2.24, 2.45) is 0 Å². The first-order chi connectivity index (χ1) is 6.33. The van der Waals surface area contributed by atoms with Gasteiger partial charge >= 0.3 is 0 Å². The Hall–Kier alpha value is -0.850. The van der Waals surface area contributed by atoms with Crippen molar-refractivity contribution in [3.63, 3.8) is 0 Å². The van der Waals surface area contributed by atoms with Crippen LogP contribution in [0.1, 0.15) is 12.0 Å². The second kappa shape index (κ2) is 5.74. The molecule has 0 aliphatic carbocycles. The van der Waals surface area contributed by atoms with E-state index in [1.165, 1.54) is 0 Å². The Morgan fingerprint density at radius 3 is 3.00 bits per heavy atom. The molecule has 0 aromatic heterocycles. The third-order valence-electron chi connectivity index (χ3n) is 1.52. The van der Waals surface area contributed by atoms with Crippen LogP contribution in [0.4, 0.5) is 0 Å². The molecule has 0 saturated heterocycles. The van der Waals surface area contributed by atoms with E-state index in [1.807, 2.05) is 30.3 Å². The number of halogens is 1. The summed E-state index contributed by atoms with van der Waals surface area (Å²) in [6, 6.07) is 9.97. The van der Waals surface area contributed by atoms with E-state index in [0.29, 0.717) is 19.6 Å². The molecule has 2 nitrogen and oxygen atoms in total. The van der Waals surface area contributed by atoms with Gasteiger partial charge in [0, 0.05) is 4.47 Å². The largest absolute Gasteiger partial charge is 0.376 e. The lowest BCUT2D eigenvalue weighted by Crippen LogP contribution is -1.94. The number of nitriles is 1. The van der Waals surface area contributed by atoms with Crippen molar-refractivity contribution in [2.45, 2.75) is 13.0 Å². The predicted molar refractivity (Wildman–Crippen MR) is 54.0 cm³/mol. The minimum Gasteiger partial charge on any atom is -0.376 e. The maximum Gasteiger partial charge on any atom is 0.0717 e. The first-order valence-electron chi connectivity index (χ1n) is 4.02. The SMILES string of the molecule is N#CCCOCc1cccc(Br)c1. The molecule has 0 unspecified atom stereocenters. The molecule has 13 heavy (non-hydrogen) atoms. The van der Waals surface area contributed by atoms with E-state index in [1.54, 1.807) is 0 Å². The van der Waals surface area contributed by atoms with Crippen LogP contribution in [0.3, 0.4) is 0 Å². The lowest BCUT2D eigenvalue weighted by molar-refractivity contribution is 0.126. The van der Waals surface area contributed by atoms with Gasteiger partial charge in [-0.2, -0.15) is 5.26 Å². The average molecular weight is 240 g/mol. The van der Waals surface area contributed by atoms with Crippen molar-refractivity contribution in [3.05, 3.63) is 34.3 Å². The maximum atomic E-state index is 8.27. The number of hydrogen-bond acceptors (Lipinski definition) is 2. The normalized spacial score (nSPS) is 9.54. The molecule has 3 heteroatoms. The van der Waals surface area contributed by atoms with Crippen LogP contribution in [0.5, 0.6) is 0 Å². The summed E-state index contributed by atoms with van der Waals surface area (Å²) < 4.78 is 6.32. The van der Waals surface area contributed by atoms with Crippen LogP contribution in [-0.2, 0) is 11.3 Å². The predicted octanol–water partition coefficient (Wildman–Crippen LogP) is 2.88. The minimum absolute atomic E-state index is 0.452. The van der Waals surface area contributed by atoms with Crippen molar-refractivity contribution in [3.8, 4) is 6.07 Å². The van der Waals surface area contributed by atoms with Gasteiger partial charge in [0.05, 0.1) is 25.7 Å². The highest BCUT2D eigenvalue weighted by atomic mass is 79.9. The second-order valence-corrected chi connectivity index (χ2v) is 3.51. The van der Waals surface area contributed by atoms with E-state index < -0.39 is 0 Å². The quantitative estimate of drug-likeness (QED) is 0.758. The van der Waals surface area contributed by atoms with Crippen molar-refractivity contribution in [1.29, 1.82) is 5.26 Å². The summed E-state index contributed by atoms with van der Waals surface area (Å²) in [6.45, 7) is 1.07. The van der Waals surface area contributed by atoms with E-state index in [4.69, 9.17) is 10.00 Å². The van der Waals surface area contributed by atoms with Crippen LogP contribution in [-0.4, -0.2) is 6.61 Å². The summed E-state index contributed by atoms with van der Waals surface area (Å²) in [5, 5.41) is 8.27. The first-order valence-corrected chi connectivity index (χ1v) is 4.81. The van der Waals surface area contributed by atoms with Gasteiger partial charge in [-0.3, -0.25) is 0 Å². The fourth-order valence-electron chi connectivity index (χ4n) is 0.935. The second-order valence-electron chi connectivity index (χ2n) is 2.59. The van der Waals surface area contributed by atoms with Crippen LogP contribution < -0.4 is 0 Å². The highest BCUT2D eigenvalue weighted by Crippen LogP contribution is 2.12. The molecule has 1 aromatic carbocycles. The van der Waals surface area contributed by atoms with Gasteiger partial charge in [-0.1, -0.05) is 28.1 Å². The third-order valence-corrected chi connectivity index (χ3v) is 2.01. The summed E-state index contributed by atoms with van der Waals surface area (Å²) >= 11 is 3.38. The van der Waals surface area contributed by atoms with E-state index in [-0.39, 0.29) is 0 Å². The highest BCUT2D eigenvalue weighted by Gasteiger charge is 1.93. The van der Waals surface area contributed by atoms with Crippen LogP contribution in [0.25, 0.3) is 0 Å². The zero-order valence-electron chi connectivity index (χ0n) is 7.16. The Morgan fingerprint density at radius 1 is 1.46 bits per heavy atom. The lowest BCUT2D eigenvalue weighted by Gasteiger charge is -2.01. The molecule has 0 heterocycles. The number of nitrogens with zero attached hydrogens (tertiary/aromatic N) is 1. The maximum absolute atomic E-state index is 8.27. The monoisotopic (exact) mass is 239 g/mol. The Morgan fingerprint density at radius 2 is 2.31 bits per heavy atom. The number of hydrogen-bond donors (Lipinski definition) is 0. The average Bonchev–Trinajstić information content (AvgIpc) is 2.13. The number of ether oxygens (including phenoxy) is 1. The zero-order chi connectivity index (χ0) is 9.52. The fraction of sp³-hybridized carbons (Fsp3) is 0.300. The molecule has 1 aromatic rings. The first kappa shape index (κ1) is 10.2. The summed E-state index contributed by atoms with van der Waals surface area (Å²) in [5.74, 6) is 0. The molecule has 0 fully saturated rings. The molecular formula is C10H10BrNO.